The lowest BCUT2D eigenvalue weighted by Gasteiger charge is -2.20. The fraction of sp³-hybridized carbons (Fsp3) is 0.571. The highest BCUT2D eigenvalue weighted by molar-refractivity contribution is 5.52. The minimum atomic E-state index is 0.956. The van der Waals surface area contributed by atoms with Gasteiger partial charge in [0.1, 0.15) is 5.75 Å². The highest BCUT2D eigenvalue weighted by Crippen LogP contribution is 2.23. The van der Waals surface area contributed by atoms with Crippen LogP contribution in [-0.2, 0) is 0 Å². The number of hydrogen-bond acceptors (Lipinski definition) is 3. The average molecular weight is 236 g/mol. The van der Waals surface area contributed by atoms with Gasteiger partial charge in [0, 0.05) is 19.3 Å². The molecule has 3 heteroatoms. The van der Waals surface area contributed by atoms with E-state index in [0.29, 0.717) is 0 Å². The average Bonchev–Trinajstić information content (AvgIpc) is 2.34. The number of nitrogens with one attached hydrogen (secondary N) is 1. The molecule has 0 atom stereocenters. The Morgan fingerprint density at radius 2 is 2.06 bits per heavy atom. The first-order valence-electron chi connectivity index (χ1n) is 6.19. The van der Waals surface area contributed by atoms with Crippen molar-refractivity contribution in [3.05, 3.63) is 23.8 Å². The van der Waals surface area contributed by atoms with Gasteiger partial charge in [0.25, 0.3) is 0 Å². The molecule has 0 aliphatic carbocycles. The van der Waals surface area contributed by atoms with E-state index < -0.39 is 0 Å². The Morgan fingerprint density at radius 1 is 1.29 bits per heavy atom. The molecule has 1 N–H and O–H groups in total. The maximum Gasteiger partial charge on any atom is 0.121 e. The highest BCUT2D eigenvalue weighted by atomic mass is 16.5. The Hall–Kier alpha value is -1.22. The number of nitrogens with zero attached hydrogens (tertiary/aromatic N) is 1. The van der Waals surface area contributed by atoms with Gasteiger partial charge in [-0.1, -0.05) is 0 Å². The van der Waals surface area contributed by atoms with E-state index >= 15 is 0 Å². The summed E-state index contributed by atoms with van der Waals surface area (Å²) >= 11 is 0. The van der Waals surface area contributed by atoms with Crippen LogP contribution in [0.4, 0.5) is 5.69 Å². The Morgan fingerprint density at radius 3 is 2.65 bits per heavy atom. The molecule has 0 saturated carbocycles. The number of rotatable bonds is 7. The van der Waals surface area contributed by atoms with Crippen LogP contribution in [0.15, 0.2) is 18.2 Å². The highest BCUT2D eigenvalue weighted by Gasteiger charge is 2.03. The Labute approximate surface area is 105 Å². The molecule has 0 aliphatic heterocycles. The molecular formula is C14H24N2O. The van der Waals surface area contributed by atoms with Gasteiger partial charge in [0.05, 0.1) is 7.11 Å². The van der Waals surface area contributed by atoms with Crippen LogP contribution in [0.3, 0.4) is 0 Å². The molecule has 3 nitrogen and oxygen atoms in total. The third-order valence-electron chi connectivity index (χ3n) is 2.99. The summed E-state index contributed by atoms with van der Waals surface area (Å²) in [5, 5.41) is 3.17. The van der Waals surface area contributed by atoms with Crippen molar-refractivity contribution in [1.29, 1.82) is 0 Å². The summed E-state index contributed by atoms with van der Waals surface area (Å²) in [5.74, 6) is 0.956. The van der Waals surface area contributed by atoms with Gasteiger partial charge >= 0.3 is 0 Å². The summed E-state index contributed by atoms with van der Waals surface area (Å²) in [5.41, 5.74) is 2.44. The topological polar surface area (TPSA) is 24.5 Å². The molecular weight excluding hydrogens is 212 g/mol. The summed E-state index contributed by atoms with van der Waals surface area (Å²) in [6, 6.07) is 6.33. The Bertz CT molecular complexity index is 339. The zero-order valence-corrected chi connectivity index (χ0v) is 11.4. The van der Waals surface area contributed by atoms with Crippen LogP contribution in [0.1, 0.15) is 18.4 Å². The predicted molar refractivity (Wildman–Crippen MR) is 74.2 cm³/mol. The van der Waals surface area contributed by atoms with E-state index in [9.17, 15) is 0 Å². The number of aryl methyl sites for hydroxylation is 1. The molecule has 0 radical (unpaired) electrons. The molecule has 0 bridgehead atoms. The number of anilines is 1. The van der Waals surface area contributed by atoms with Crippen molar-refractivity contribution < 1.29 is 4.74 Å². The van der Waals surface area contributed by atoms with Crippen molar-refractivity contribution >= 4 is 5.69 Å². The largest absolute Gasteiger partial charge is 0.496 e. The van der Waals surface area contributed by atoms with Crippen molar-refractivity contribution in [1.82, 2.24) is 5.32 Å². The lowest BCUT2D eigenvalue weighted by atomic mass is 10.2. The molecule has 17 heavy (non-hydrogen) atoms. The smallest absolute Gasteiger partial charge is 0.121 e. The van der Waals surface area contributed by atoms with Crippen LogP contribution in [-0.4, -0.2) is 34.3 Å². The zero-order valence-electron chi connectivity index (χ0n) is 11.4. The van der Waals surface area contributed by atoms with Gasteiger partial charge in [-0.05, 0) is 57.1 Å². The molecule has 0 spiro atoms. The first-order chi connectivity index (χ1) is 8.19. The van der Waals surface area contributed by atoms with E-state index in [1.54, 1.807) is 7.11 Å². The van der Waals surface area contributed by atoms with Crippen molar-refractivity contribution in [2.45, 2.75) is 19.8 Å². The maximum atomic E-state index is 5.27. The standard InChI is InChI=1S/C14H24N2O/c1-12-11-13(7-8-14(12)17-4)16(3)10-6-5-9-15-2/h7-8,11,15H,5-6,9-10H2,1-4H3. The van der Waals surface area contributed by atoms with Gasteiger partial charge in [-0.3, -0.25) is 0 Å². The normalized spacial score (nSPS) is 10.4. The zero-order chi connectivity index (χ0) is 12.7. The second-order valence-electron chi connectivity index (χ2n) is 4.39. The van der Waals surface area contributed by atoms with Gasteiger partial charge in [-0.15, -0.1) is 0 Å². The molecule has 1 aromatic rings. The Balaban J connectivity index is 2.51. The van der Waals surface area contributed by atoms with Gasteiger partial charge in [0.2, 0.25) is 0 Å². The first-order valence-corrected chi connectivity index (χ1v) is 6.19. The van der Waals surface area contributed by atoms with Crippen molar-refractivity contribution in [2.24, 2.45) is 0 Å². The number of hydrogen-bond donors (Lipinski definition) is 1. The molecule has 0 unspecified atom stereocenters. The number of methoxy groups -OCH3 is 1. The molecule has 96 valence electrons. The minimum absolute atomic E-state index is 0.956. The molecule has 0 fully saturated rings. The fourth-order valence-corrected chi connectivity index (χ4v) is 1.88. The van der Waals surface area contributed by atoms with Crippen molar-refractivity contribution in [3.63, 3.8) is 0 Å². The number of benzene rings is 1. The fourth-order valence-electron chi connectivity index (χ4n) is 1.88. The van der Waals surface area contributed by atoms with Gasteiger partial charge in [-0.2, -0.15) is 0 Å². The SMILES string of the molecule is CNCCCCN(C)c1ccc(OC)c(C)c1. The van der Waals surface area contributed by atoms with Crippen LogP contribution < -0.4 is 15.0 Å². The first kappa shape index (κ1) is 13.8. The lowest BCUT2D eigenvalue weighted by Crippen LogP contribution is -2.19. The summed E-state index contributed by atoms with van der Waals surface area (Å²) in [4.78, 5) is 2.29. The van der Waals surface area contributed by atoms with Gasteiger partial charge in [0.15, 0.2) is 0 Å². The second kappa shape index (κ2) is 7.17. The maximum absolute atomic E-state index is 5.27. The van der Waals surface area contributed by atoms with Crippen LogP contribution >= 0.6 is 0 Å². The van der Waals surface area contributed by atoms with Crippen LogP contribution in [0.25, 0.3) is 0 Å². The summed E-state index contributed by atoms with van der Waals surface area (Å²) in [6.07, 6.45) is 2.43. The van der Waals surface area contributed by atoms with Crippen molar-refractivity contribution in [2.75, 3.05) is 39.2 Å². The van der Waals surface area contributed by atoms with E-state index in [2.05, 4.69) is 36.3 Å². The van der Waals surface area contributed by atoms with E-state index in [-0.39, 0.29) is 0 Å². The predicted octanol–water partition coefficient (Wildman–Crippen LogP) is 2.44. The summed E-state index contributed by atoms with van der Waals surface area (Å²) in [7, 11) is 5.85. The van der Waals surface area contributed by atoms with E-state index in [1.165, 1.54) is 24.1 Å². The lowest BCUT2D eigenvalue weighted by molar-refractivity contribution is 0.411. The molecule has 0 heterocycles. The minimum Gasteiger partial charge on any atom is -0.496 e. The molecule has 1 aromatic carbocycles. The monoisotopic (exact) mass is 236 g/mol. The molecule has 0 aliphatic rings. The van der Waals surface area contributed by atoms with Gasteiger partial charge in [-0.25, -0.2) is 0 Å². The summed E-state index contributed by atoms with van der Waals surface area (Å²) < 4.78 is 5.27. The second-order valence-corrected chi connectivity index (χ2v) is 4.39. The van der Waals surface area contributed by atoms with Crippen molar-refractivity contribution in [3.8, 4) is 5.75 Å². The molecule has 1 rings (SSSR count). The number of ether oxygens (including phenoxy) is 1. The van der Waals surface area contributed by atoms with Gasteiger partial charge < -0.3 is 15.0 Å². The molecule has 0 amide bonds. The van der Waals surface area contributed by atoms with Crippen LogP contribution in [0, 0.1) is 6.92 Å². The van der Waals surface area contributed by atoms with Crippen LogP contribution in [0.5, 0.6) is 5.75 Å². The quantitative estimate of drug-likeness (QED) is 0.736. The Kier molecular flexibility index (Phi) is 5.84. The van der Waals surface area contributed by atoms with E-state index in [1.807, 2.05) is 13.1 Å². The van der Waals surface area contributed by atoms with Crippen LogP contribution in [0.2, 0.25) is 0 Å². The third kappa shape index (κ3) is 4.27. The third-order valence-corrected chi connectivity index (χ3v) is 2.99. The number of unbranched alkanes of at least 4 members (excludes halogenated alkanes) is 1. The van der Waals surface area contributed by atoms with E-state index in [0.717, 1.165) is 18.8 Å². The molecule has 0 aromatic heterocycles. The summed E-state index contributed by atoms with van der Waals surface area (Å²) in [6.45, 7) is 4.26. The van der Waals surface area contributed by atoms with E-state index in [4.69, 9.17) is 4.74 Å². The molecule has 0 saturated heterocycles.